The molecule has 0 aromatic heterocycles. The van der Waals surface area contributed by atoms with E-state index in [1.54, 1.807) is 7.11 Å². The van der Waals surface area contributed by atoms with E-state index in [9.17, 15) is 0 Å². The van der Waals surface area contributed by atoms with Gasteiger partial charge in [-0.15, -0.1) is 11.6 Å². The van der Waals surface area contributed by atoms with Crippen LogP contribution in [0.4, 0.5) is 0 Å². The average Bonchev–Trinajstić information content (AvgIpc) is 1.96. The molecule has 68 valence electrons. The summed E-state index contributed by atoms with van der Waals surface area (Å²) >= 11 is 5.73. The van der Waals surface area contributed by atoms with Crippen molar-refractivity contribution >= 4 is 11.6 Å². The van der Waals surface area contributed by atoms with E-state index in [0.29, 0.717) is 0 Å². The van der Waals surface area contributed by atoms with Crippen molar-refractivity contribution in [3.63, 3.8) is 0 Å². The first kappa shape index (κ1) is 11.2. The highest BCUT2D eigenvalue weighted by Crippen LogP contribution is 1.91. The number of methoxy groups -OCH3 is 1. The highest BCUT2D eigenvalue weighted by Gasteiger charge is 1.93. The Morgan fingerprint density at radius 2 is 2.18 bits per heavy atom. The van der Waals surface area contributed by atoms with E-state index in [1.807, 2.05) is 6.92 Å². The fourth-order valence-electron chi connectivity index (χ4n) is 0.797. The highest BCUT2D eigenvalue weighted by molar-refractivity contribution is 6.20. The number of halogens is 1. The van der Waals surface area contributed by atoms with Gasteiger partial charge in [-0.25, -0.2) is 0 Å². The first-order valence-corrected chi connectivity index (χ1v) is 4.54. The molecular weight excluding hydrogens is 162 g/mol. The number of hydrogen-bond donors (Lipinski definition) is 1. The van der Waals surface area contributed by atoms with Crippen LogP contribution in [-0.2, 0) is 4.74 Å². The molecule has 0 saturated heterocycles. The zero-order valence-corrected chi connectivity index (χ0v) is 8.16. The van der Waals surface area contributed by atoms with Crippen LogP contribution in [-0.4, -0.2) is 32.2 Å². The molecule has 0 amide bonds. The lowest BCUT2D eigenvalue weighted by molar-refractivity contribution is 0.192. The molecule has 0 saturated carbocycles. The molecule has 0 aliphatic heterocycles. The van der Waals surface area contributed by atoms with E-state index >= 15 is 0 Å². The van der Waals surface area contributed by atoms with Crippen molar-refractivity contribution in [2.75, 3.05) is 26.8 Å². The minimum Gasteiger partial charge on any atom is -0.385 e. The number of hydrogen-bond acceptors (Lipinski definition) is 2. The highest BCUT2D eigenvalue weighted by atomic mass is 35.5. The van der Waals surface area contributed by atoms with Gasteiger partial charge >= 0.3 is 0 Å². The van der Waals surface area contributed by atoms with Crippen LogP contribution in [0.2, 0.25) is 0 Å². The van der Waals surface area contributed by atoms with Crippen LogP contribution >= 0.6 is 11.6 Å². The van der Waals surface area contributed by atoms with Gasteiger partial charge in [0, 0.05) is 25.6 Å². The summed E-state index contributed by atoms with van der Waals surface area (Å²) in [6.45, 7) is 4.79. The molecule has 3 heteroatoms. The maximum atomic E-state index is 5.73. The van der Waals surface area contributed by atoms with E-state index in [1.165, 1.54) is 0 Å². The molecule has 0 aliphatic carbocycles. The predicted molar refractivity (Wildman–Crippen MR) is 49.3 cm³/mol. The largest absolute Gasteiger partial charge is 0.385 e. The van der Waals surface area contributed by atoms with Crippen molar-refractivity contribution in [3.8, 4) is 0 Å². The van der Waals surface area contributed by atoms with Gasteiger partial charge in [0.05, 0.1) is 0 Å². The number of rotatable bonds is 7. The fraction of sp³-hybridized carbons (Fsp3) is 1.00. The molecular formula is C8H18ClNO. The van der Waals surface area contributed by atoms with Crippen molar-refractivity contribution < 1.29 is 4.74 Å². The van der Waals surface area contributed by atoms with Crippen LogP contribution in [0.5, 0.6) is 0 Å². The zero-order chi connectivity index (χ0) is 8.53. The Bertz CT molecular complexity index is 78.5. The first-order valence-electron chi connectivity index (χ1n) is 4.11. The normalized spacial score (nSPS) is 13.4. The van der Waals surface area contributed by atoms with Gasteiger partial charge in [0.25, 0.3) is 0 Å². The third kappa shape index (κ3) is 10.2. The molecule has 0 fully saturated rings. The van der Waals surface area contributed by atoms with E-state index < -0.39 is 0 Å². The lowest BCUT2D eigenvalue weighted by atomic mass is 10.3. The van der Waals surface area contributed by atoms with Gasteiger partial charge in [0.1, 0.15) is 0 Å². The van der Waals surface area contributed by atoms with Gasteiger partial charge < -0.3 is 10.1 Å². The minimum absolute atomic E-state index is 0.234. The predicted octanol–water partition coefficient (Wildman–Crippen LogP) is 1.63. The summed E-state index contributed by atoms with van der Waals surface area (Å²) in [5.41, 5.74) is 0. The summed E-state index contributed by atoms with van der Waals surface area (Å²) in [5.74, 6) is 0. The summed E-state index contributed by atoms with van der Waals surface area (Å²) in [7, 11) is 1.73. The van der Waals surface area contributed by atoms with E-state index in [4.69, 9.17) is 16.3 Å². The molecule has 0 aliphatic rings. The van der Waals surface area contributed by atoms with Crippen molar-refractivity contribution in [1.29, 1.82) is 0 Å². The molecule has 1 unspecified atom stereocenters. The van der Waals surface area contributed by atoms with Crippen molar-refractivity contribution in [3.05, 3.63) is 0 Å². The van der Waals surface area contributed by atoms with Gasteiger partial charge in [0.2, 0.25) is 0 Å². The molecule has 2 nitrogen and oxygen atoms in total. The summed E-state index contributed by atoms with van der Waals surface area (Å²) in [4.78, 5) is 0. The second-order valence-corrected chi connectivity index (χ2v) is 3.43. The maximum absolute atomic E-state index is 5.73. The summed E-state index contributed by atoms with van der Waals surface area (Å²) in [5, 5.41) is 3.49. The Hall–Kier alpha value is 0.210. The topological polar surface area (TPSA) is 21.3 Å². The molecule has 0 aromatic rings. The molecule has 1 atom stereocenters. The zero-order valence-electron chi connectivity index (χ0n) is 7.40. The molecule has 0 spiro atoms. The monoisotopic (exact) mass is 179 g/mol. The van der Waals surface area contributed by atoms with Gasteiger partial charge in [0.15, 0.2) is 0 Å². The van der Waals surface area contributed by atoms with Crippen LogP contribution in [0.1, 0.15) is 19.8 Å². The Labute approximate surface area is 74.3 Å². The van der Waals surface area contributed by atoms with Gasteiger partial charge in [-0.2, -0.15) is 0 Å². The first-order chi connectivity index (χ1) is 5.27. The lowest BCUT2D eigenvalue weighted by Crippen LogP contribution is -2.22. The van der Waals surface area contributed by atoms with E-state index in [2.05, 4.69) is 5.32 Å². The number of unbranched alkanes of at least 4 members (excludes halogenated alkanes) is 1. The van der Waals surface area contributed by atoms with Gasteiger partial charge in [-0.1, -0.05) is 0 Å². The number of ether oxygens (including phenoxy) is 1. The second-order valence-electron chi connectivity index (χ2n) is 2.68. The van der Waals surface area contributed by atoms with Crippen LogP contribution in [0.25, 0.3) is 0 Å². The van der Waals surface area contributed by atoms with Gasteiger partial charge in [-0.05, 0) is 26.3 Å². The third-order valence-electron chi connectivity index (χ3n) is 1.38. The SMILES string of the molecule is COCCCCNCC(C)Cl. The molecule has 11 heavy (non-hydrogen) atoms. The third-order valence-corrected chi connectivity index (χ3v) is 1.53. The number of nitrogens with one attached hydrogen (secondary N) is 1. The molecule has 0 heterocycles. The Morgan fingerprint density at radius 1 is 1.45 bits per heavy atom. The molecule has 0 rings (SSSR count). The Kier molecular flexibility index (Phi) is 8.47. The van der Waals surface area contributed by atoms with Crippen LogP contribution in [0.15, 0.2) is 0 Å². The maximum Gasteiger partial charge on any atom is 0.0462 e. The summed E-state index contributed by atoms with van der Waals surface area (Å²) in [6.07, 6.45) is 2.29. The Morgan fingerprint density at radius 3 is 2.73 bits per heavy atom. The molecule has 0 radical (unpaired) electrons. The van der Waals surface area contributed by atoms with E-state index in [-0.39, 0.29) is 5.38 Å². The average molecular weight is 180 g/mol. The van der Waals surface area contributed by atoms with Crippen LogP contribution in [0.3, 0.4) is 0 Å². The molecule has 1 N–H and O–H groups in total. The van der Waals surface area contributed by atoms with Crippen LogP contribution in [0, 0.1) is 0 Å². The van der Waals surface area contributed by atoms with Crippen molar-refractivity contribution in [1.82, 2.24) is 5.32 Å². The van der Waals surface area contributed by atoms with Crippen molar-refractivity contribution in [2.24, 2.45) is 0 Å². The summed E-state index contributed by atoms with van der Waals surface area (Å²) < 4.78 is 4.92. The summed E-state index contributed by atoms with van der Waals surface area (Å²) in [6, 6.07) is 0. The van der Waals surface area contributed by atoms with Crippen molar-refractivity contribution in [2.45, 2.75) is 25.1 Å². The molecule has 0 bridgehead atoms. The van der Waals surface area contributed by atoms with Crippen LogP contribution < -0.4 is 5.32 Å². The quantitative estimate of drug-likeness (QED) is 0.474. The number of alkyl halides is 1. The second kappa shape index (κ2) is 8.31. The minimum atomic E-state index is 0.234. The Balaban J connectivity index is 2.80. The standard InChI is InChI=1S/C8H18ClNO/c1-8(9)7-10-5-3-4-6-11-2/h8,10H,3-7H2,1-2H3. The fourth-order valence-corrected chi connectivity index (χ4v) is 0.906. The van der Waals surface area contributed by atoms with E-state index in [0.717, 1.165) is 32.5 Å². The lowest BCUT2D eigenvalue weighted by Gasteiger charge is -2.04. The molecule has 0 aromatic carbocycles. The smallest absolute Gasteiger partial charge is 0.0462 e. The van der Waals surface area contributed by atoms with Gasteiger partial charge in [-0.3, -0.25) is 0 Å².